The molecule has 1 heterocycles. The molecule has 1 aromatic carbocycles. The second-order valence-corrected chi connectivity index (χ2v) is 6.68. The molecule has 1 aromatic heterocycles. The van der Waals surface area contributed by atoms with Gasteiger partial charge in [-0.15, -0.1) is 0 Å². The lowest BCUT2D eigenvalue weighted by Crippen LogP contribution is -2.46. The first kappa shape index (κ1) is 16.6. The van der Waals surface area contributed by atoms with Crippen LogP contribution in [0.5, 0.6) is 0 Å². The molecule has 8 heteroatoms. The fourth-order valence-electron chi connectivity index (χ4n) is 3.25. The van der Waals surface area contributed by atoms with Crippen molar-refractivity contribution in [3.63, 3.8) is 0 Å². The van der Waals surface area contributed by atoms with Crippen LogP contribution in [0.4, 0.5) is 18.9 Å². The van der Waals surface area contributed by atoms with Gasteiger partial charge in [0.15, 0.2) is 0 Å². The second-order valence-electron chi connectivity index (χ2n) is 6.68. The van der Waals surface area contributed by atoms with Crippen molar-refractivity contribution in [3.05, 3.63) is 38.8 Å². The molecule has 130 valence electrons. The predicted octanol–water partition coefficient (Wildman–Crippen LogP) is 2.51. The van der Waals surface area contributed by atoms with Gasteiger partial charge in [0.2, 0.25) is 5.92 Å². The zero-order chi connectivity index (χ0) is 17.8. The van der Waals surface area contributed by atoms with E-state index >= 15 is 0 Å². The highest BCUT2D eigenvalue weighted by Crippen LogP contribution is 2.42. The Balaban J connectivity index is 2.21. The van der Waals surface area contributed by atoms with E-state index in [1.165, 1.54) is 10.6 Å². The molecule has 1 fully saturated rings. The molecule has 1 saturated carbocycles. The summed E-state index contributed by atoms with van der Waals surface area (Å²) in [5.74, 6) is -3.87. The van der Waals surface area contributed by atoms with Crippen molar-refractivity contribution in [1.29, 1.82) is 0 Å². The molecule has 2 N–H and O–H groups in total. The van der Waals surface area contributed by atoms with Crippen molar-refractivity contribution < 1.29 is 13.2 Å². The van der Waals surface area contributed by atoms with Crippen molar-refractivity contribution in [3.8, 4) is 0 Å². The summed E-state index contributed by atoms with van der Waals surface area (Å²) < 4.78 is 42.1. The van der Waals surface area contributed by atoms with Gasteiger partial charge in [0.1, 0.15) is 5.82 Å². The Bertz CT molecular complexity index is 923. The summed E-state index contributed by atoms with van der Waals surface area (Å²) in [5.41, 5.74) is 4.24. The molecule has 0 radical (unpaired) electrons. The lowest BCUT2D eigenvalue weighted by atomic mass is 9.81. The Labute approximate surface area is 135 Å². The Kier molecular flexibility index (Phi) is 3.73. The van der Waals surface area contributed by atoms with E-state index in [4.69, 9.17) is 5.73 Å². The van der Waals surface area contributed by atoms with Crippen LogP contribution < -0.4 is 17.0 Å². The number of hydrogen-bond acceptors (Lipinski definition) is 3. The van der Waals surface area contributed by atoms with Crippen LogP contribution >= 0.6 is 0 Å². The van der Waals surface area contributed by atoms with Gasteiger partial charge in [-0.1, -0.05) is 0 Å². The summed E-state index contributed by atoms with van der Waals surface area (Å²) in [4.78, 5) is 25.3. The highest BCUT2D eigenvalue weighted by Gasteiger charge is 2.45. The molecule has 0 atom stereocenters. The molecule has 1 aliphatic rings. The van der Waals surface area contributed by atoms with Crippen LogP contribution in [0.3, 0.4) is 0 Å². The van der Waals surface area contributed by atoms with Crippen LogP contribution in [-0.2, 0) is 6.54 Å². The minimum absolute atomic E-state index is 0.0762. The molecule has 24 heavy (non-hydrogen) atoms. The molecule has 0 bridgehead atoms. The van der Waals surface area contributed by atoms with E-state index in [-0.39, 0.29) is 42.0 Å². The standard InChI is InChI=1S/C16H18F3N3O2/c1-8(2)22-13-4-11(17)12(20)3-10(13)14(23)21(15(22)24)7-9-5-16(18,19)6-9/h3-4,8-9H,5-7,20H2,1-2H3. The molecule has 0 saturated heterocycles. The molecule has 1 aliphatic carbocycles. The zero-order valence-electron chi connectivity index (χ0n) is 13.4. The quantitative estimate of drug-likeness (QED) is 0.872. The number of alkyl halides is 2. The lowest BCUT2D eigenvalue weighted by Gasteiger charge is -2.35. The minimum Gasteiger partial charge on any atom is -0.396 e. The second kappa shape index (κ2) is 5.39. The van der Waals surface area contributed by atoms with Crippen molar-refractivity contribution >= 4 is 16.6 Å². The highest BCUT2D eigenvalue weighted by atomic mass is 19.3. The van der Waals surface area contributed by atoms with Gasteiger partial charge in [0, 0.05) is 31.5 Å². The number of halogens is 3. The first-order chi connectivity index (χ1) is 11.1. The molecule has 2 aromatic rings. The van der Waals surface area contributed by atoms with Gasteiger partial charge in [0.05, 0.1) is 16.6 Å². The number of aromatic nitrogens is 2. The van der Waals surface area contributed by atoms with Gasteiger partial charge in [0.25, 0.3) is 5.56 Å². The lowest BCUT2D eigenvalue weighted by molar-refractivity contribution is -0.114. The third-order valence-electron chi connectivity index (χ3n) is 4.42. The topological polar surface area (TPSA) is 70.0 Å². The van der Waals surface area contributed by atoms with Crippen LogP contribution in [0.1, 0.15) is 32.7 Å². The normalized spacial score (nSPS) is 17.4. The molecule has 0 spiro atoms. The predicted molar refractivity (Wildman–Crippen MR) is 84.9 cm³/mol. The molecule has 3 rings (SSSR count). The molecule has 0 aliphatic heterocycles. The number of nitrogens with two attached hydrogens (primary N) is 1. The van der Waals surface area contributed by atoms with Crippen LogP contribution in [0.2, 0.25) is 0 Å². The number of hydrogen-bond donors (Lipinski definition) is 1. The Hall–Kier alpha value is -2.25. The van der Waals surface area contributed by atoms with E-state index in [0.717, 1.165) is 10.6 Å². The van der Waals surface area contributed by atoms with E-state index in [9.17, 15) is 22.8 Å². The zero-order valence-corrected chi connectivity index (χ0v) is 13.4. The third-order valence-corrected chi connectivity index (χ3v) is 4.42. The van der Waals surface area contributed by atoms with E-state index < -0.39 is 28.9 Å². The Morgan fingerprint density at radius 2 is 1.92 bits per heavy atom. The van der Waals surface area contributed by atoms with Gasteiger partial charge >= 0.3 is 5.69 Å². The van der Waals surface area contributed by atoms with E-state index in [1.54, 1.807) is 13.8 Å². The monoisotopic (exact) mass is 341 g/mol. The molecular formula is C16H18F3N3O2. The van der Waals surface area contributed by atoms with E-state index in [2.05, 4.69) is 0 Å². The maximum absolute atomic E-state index is 13.8. The molecule has 0 unspecified atom stereocenters. The third kappa shape index (κ3) is 2.59. The summed E-state index contributed by atoms with van der Waals surface area (Å²) >= 11 is 0. The highest BCUT2D eigenvalue weighted by molar-refractivity contribution is 5.82. The van der Waals surface area contributed by atoms with Crippen LogP contribution in [0.25, 0.3) is 10.9 Å². The van der Waals surface area contributed by atoms with Gasteiger partial charge < -0.3 is 5.73 Å². The SMILES string of the molecule is CC(C)n1c(=O)n(CC2CC(F)(F)C2)c(=O)c2cc(N)c(F)cc21. The largest absolute Gasteiger partial charge is 0.396 e. The average molecular weight is 341 g/mol. The van der Waals surface area contributed by atoms with Gasteiger partial charge in [-0.3, -0.25) is 13.9 Å². The van der Waals surface area contributed by atoms with E-state index in [1.807, 2.05) is 0 Å². The molecule has 5 nitrogen and oxygen atoms in total. The smallest absolute Gasteiger partial charge is 0.331 e. The number of fused-ring (bicyclic) bond motifs is 1. The van der Waals surface area contributed by atoms with Crippen molar-refractivity contribution in [2.75, 3.05) is 5.73 Å². The number of nitrogens with zero attached hydrogens (tertiary/aromatic N) is 2. The van der Waals surface area contributed by atoms with Gasteiger partial charge in [-0.25, -0.2) is 18.0 Å². The molecular weight excluding hydrogens is 323 g/mol. The summed E-state index contributed by atoms with van der Waals surface area (Å²) in [7, 11) is 0. The fraction of sp³-hybridized carbons (Fsp3) is 0.500. The van der Waals surface area contributed by atoms with Crippen LogP contribution in [0.15, 0.2) is 21.7 Å². The summed E-state index contributed by atoms with van der Waals surface area (Å²) in [6.45, 7) is 3.37. The van der Waals surface area contributed by atoms with E-state index in [0.29, 0.717) is 0 Å². The summed E-state index contributed by atoms with van der Waals surface area (Å²) in [6, 6.07) is 1.92. The number of nitrogen functional groups attached to an aromatic ring is 1. The average Bonchev–Trinajstić information content (AvgIpc) is 2.43. The first-order valence-electron chi connectivity index (χ1n) is 7.72. The van der Waals surface area contributed by atoms with Gasteiger partial charge in [-0.05, 0) is 25.8 Å². The summed E-state index contributed by atoms with van der Waals surface area (Å²) in [5, 5.41) is 0.105. The maximum Gasteiger partial charge on any atom is 0.331 e. The summed E-state index contributed by atoms with van der Waals surface area (Å²) in [6.07, 6.45) is -0.686. The van der Waals surface area contributed by atoms with Crippen molar-refractivity contribution in [2.24, 2.45) is 5.92 Å². The molecule has 0 amide bonds. The Morgan fingerprint density at radius 3 is 2.46 bits per heavy atom. The number of anilines is 1. The van der Waals surface area contributed by atoms with Gasteiger partial charge in [-0.2, -0.15) is 0 Å². The van der Waals surface area contributed by atoms with Crippen LogP contribution in [-0.4, -0.2) is 15.1 Å². The number of benzene rings is 1. The van der Waals surface area contributed by atoms with Crippen LogP contribution in [0, 0.1) is 11.7 Å². The minimum atomic E-state index is -2.73. The first-order valence-corrected chi connectivity index (χ1v) is 7.72. The number of rotatable bonds is 3. The van der Waals surface area contributed by atoms with Crippen molar-refractivity contribution in [1.82, 2.24) is 9.13 Å². The maximum atomic E-state index is 13.8. The fourth-order valence-corrected chi connectivity index (χ4v) is 3.25. The van der Waals surface area contributed by atoms with Crippen molar-refractivity contribution in [2.45, 2.75) is 45.2 Å². The Morgan fingerprint density at radius 1 is 1.29 bits per heavy atom.